The maximum atomic E-state index is 10.4. The predicted octanol–water partition coefficient (Wildman–Crippen LogP) is 2.86. The number of rotatable bonds is 4. The van der Waals surface area contributed by atoms with Crippen LogP contribution in [0.3, 0.4) is 0 Å². The highest BCUT2D eigenvalue weighted by atomic mass is 35.5. The average molecular weight is 244 g/mol. The standard InChI is InChI=1S/C10H10ClNO2S/c1-7(5-9(13)14)6-15-10-8(11)3-2-4-12-10/h2-5H,6H2,1H3,(H,13,14). The molecule has 0 saturated carbocycles. The molecule has 0 spiro atoms. The molecule has 0 saturated heterocycles. The monoisotopic (exact) mass is 243 g/mol. The highest BCUT2D eigenvalue weighted by Gasteiger charge is 2.02. The van der Waals surface area contributed by atoms with Crippen LogP contribution in [0.1, 0.15) is 6.92 Å². The maximum Gasteiger partial charge on any atom is 0.328 e. The van der Waals surface area contributed by atoms with Crippen molar-refractivity contribution in [3.05, 3.63) is 35.0 Å². The third kappa shape index (κ3) is 4.36. The lowest BCUT2D eigenvalue weighted by Gasteiger charge is -2.02. The van der Waals surface area contributed by atoms with Crippen molar-refractivity contribution in [3.63, 3.8) is 0 Å². The Morgan fingerprint density at radius 1 is 1.73 bits per heavy atom. The normalized spacial score (nSPS) is 11.5. The number of carboxylic acids is 1. The molecule has 1 aromatic rings. The number of aliphatic carboxylic acids is 1. The van der Waals surface area contributed by atoms with Crippen molar-refractivity contribution in [2.45, 2.75) is 11.9 Å². The summed E-state index contributed by atoms with van der Waals surface area (Å²) in [5.41, 5.74) is 0.772. The molecule has 1 heterocycles. The lowest BCUT2D eigenvalue weighted by molar-refractivity contribution is -0.131. The first-order chi connectivity index (χ1) is 7.09. The minimum atomic E-state index is -0.930. The van der Waals surface area contributed by atoms with Crippen molar-refractivity contribution in [3.8, 4) is 0 Å². The Hall–Kier alpha value is -1.00. The van der Waals surface area contributed by atoms with E-state index in [1.165, 1.54) is 17.8 Å². The number of hydrogen-bond acceptors (Lipinski definition) is 3. The summed E-state index contributed by atoms with van der Waals surface area (Å²) < 4.78 is 0. The second-order valence-corrected chi connectivity index (χ2v) is 4.28. The summed E-state index contributed by atoms with van der Waals surface area (Å²) in [5.74, 6) is -0.358. The van der Waals surface area contributed by atoms with E-state index in [0.29, 0.717) is 10.8 Å². The first kappa shape index (κ1) is 12.1. The number of carboxylic acid groups (broad SMARTS) is 1. The first-order valence-electron chi connectivity index (χ1n) is 4.23. The first-order valence-corrected chi connectivity index (χ1v) is 5.59. The number of pyridine rings is 1. The Morgan fingerprint density at radius 2 is 2.47 bits per heavy atom. The molecule has 1 rings (SSSR count). The van der Waals surface area contributed by atoms with Crippen molar-refractivity contribution in [1.82, 2.24) is 4.98 Å². The van der Waals surface area contributed by atoms with Crippen LogP contribution in [0.4, 0.5) is 0 Å². The largest absolute Gasteiger partial charge is 0.478 e. The highest BCUT2D eigenvalue weighted by Crippen LogP contribution is 2.25. The Balaban J connectivity index is 2.58. The van der Waals surface area contributed by atoms with Crippen LogP contribution in [0, 0.1) is 0 Å². The minimum Gasteiger partial charge on any atom is -0.478 e. The zero-order chi connectivity index (χ0) is 11.3. The molecule has 0 aromatic carbocycles. The summed E-state index contributed by atoms with van der Waals surface area (Å²) >= 11 is 7.32. The topological polar surface area (TPSA) is 50.2 Å². The van der Waals surface area contributed by atoms with Gasteiger partial charge in [0, 0.05) is 18.0 Å². The fraction of sp³-hybridized carbons (Fsp3) is 0.200. The lowest BCUT2D eigenvalue weighted by atomic mass is 10.3. The van der Waals surface area contributed by atoms with Gasteiger partial charge in [-0.15, -0.1) is 11.8 Å². The molecule has 0 radical (unpaired) electrons. The van der Waals surface area contributed by atoms with Crippen molar-refractivity contribution in [2.75, 3.05) is 5.75 Å². The summed E-state index contributed by atoms with van der Waals surface area (Å²) in [6.45, 7) is 1.76. The van der Waals surface area contributed by atoms with Crippen LogP contribution >= 0.6 is 23.4 Å². The van der Waals surface area contributed by atoms with Crippen LogP contribution in [0.15, 0.2) is 35.0 Å². The van der Waals surface area contributed by atoms with Gasteiger partial charge >= 0.3 is 5.97 Å². The van der Waals surface area contributed by atoms with Crippen LogP contribution in [-0.2, 0) is 4.79 Å². The quantitative estimate of drug-likeness (QED) is 0.653. The van der Waals surface area contributed by atoms with Crippen molar-refractivity contribution >= 4 is 29.3 Å². The van der Waals surface area contributed by atoms with Crippen molar-refractivity contribution < 1.29 is 9.90 Å². The molecule has 0 unspecified atom stereocenters. The minimum absolute atomic E-state index is 0.572. The molecule has 80 valence electrons. The van der Waals surface area contributed by atoms with E-state index < -0.39 is 5.97 Å². The number of thioether (sulfide) groups is 1. The van der Waals surface area contributed by atoms with Crippen molar-refractivity contribution in [1.29, 1.82) is 0 Å². The Morgan fingerprint density at radius 3 is 3.07 bits per heavy atom. The van der Waals surface area contributed by atoms with Crippen LogP contribution < -0.4 is 0 Å². The lowest BCUT2D eigenvalue weighted by Crippen LogP contribution is -1.92. The fourth-order valence-electron chi connectivity index (χ4n) is 0.912. The molecule has 15 heavy (non-hydrogen) atoms. The number of halogens is 1. The van der Waals surface area contributed by atoms with Gasteiger partial charge in [-0.25, -0.2) is 9.78 Å². The molecule has 0 fully saturated rings. The van der Waals surface area contributed by atoms with Gasteiger partial charge in [-0.05, 0) is 19.1 Å². The molecule has 3 nitrogen and oxygen atoms in total. The van der Waals surface area contributed by atoms with Gasteiger partial charge in [0.05, 0.1) is 5.02 Å². The van der Waals surface area contributed by atoms with E-state index in [-0.39, 0.29) is 0 Å². The van der Waals surface area contributed by atoms with E-state index in [0.717, 1.165) is 10.6 Å². The van der Waals surface area contributed by atoms with Gasteiger partial charge in [-0.1, -0.05) is 17.2 Å². The van der Waals surface area contributed by atoms with Gasteiger partial charge < -0.3 is 5.11 Å². The number of carbonyl (C=O) groups is 1. The summed E-state index contributed by atoms with van der Waals surface area (Å²) in [4.78, 5) is 14.4. The highest BCUT2D eigenvalue weighted by molar-refractivity contribution is 7.99. The summed E-state index contributed by atoms with van der Waals surface area (Å²) in [6, 6.07) is 3.51. The number of hydrogen-bond donors (Lipinski definition) is 1. The van der Waals surface area contributed by atoms with E-state index in [1.54, 1.807) is 25.3 Å². The predicted molar refractivity (Wildman–Crippen MR) is 61.4 cm³/mol. The molecule has 0 aliphatic heterocycles. The van der Waals surface area contributed by atoms with E-state index >= 15 is 0 Å². The van der Waals surface area contributed by atoms with E-state index in [4.69, 9.17) is 16.7 Å². The SMILES string of the molecule is CC(=CC(=O)O)CSc1ncccc1Cl. The smallest absolute Gasteiger partial charge is 0.328 e. The second-order valence-electron chi connectivity index (χ2n) is 2.91. The molecule has 5 heteroatoms. The number of nitrogens with zero attached hydrogens (tertiary/aromatic N) is 1. The molecular formula is C10H10ClNO2S. The van der Waals surface area contributed by atoms with Crippen LogP contribution in [0.2, 0.25) is 5.02 Å². The van der Waals surface area contributed by atoms with Gasteiger partial charge in [0.2, 0.25) is 0 Å². The van der Waals surface area contributed by atoms with Crippen LogP contribution in [0.25, 0.3) is 0 Å². The maximum absolute atomic E-state index is 10.4. The fourth-order valence-corrected chi connectivity index (χ4v) is 1.99. The third-order valence-corrected chi connectivity index (χ3v) is 3.15. The van der Waals surface area contributed by atoms with E-state index in [9.17, 15) is 4.79 Å². The van der Waals surface area contributed by atoms with Gasteiger partial charge in [-0.2, -0.15) is 0 Å². The molecular weight excluding hydrogens is 234 g/mol. The van der Waals surface area contributed by atoms with E-state index in [1.807, 2.05) is 0 Å². The van der Waals surface area contributed by atoms with Crippen molar-refractivity contribution in [2.24, 2.45) is 0 Å². The number of aromatic nitrogens is 1. The molecule has 0 bridgehead atoms. The van der Waals surface area contributed by atoms with Gasteiger partial charge in [0.25, 0.3) is 0 Å². The molecule has 0 amide bonds. The Kier molecular flexibility index (Phi) is 4.65. The molecule has 1 aromatic heterocycles. The van der Waals surface area contributed by atoms with Gasteiger partial charge in [0.15, 0.2) is 0 Å². The van der Waals surface area contributed by atoms with Crippen LogP contribution in [0.5, 0.6) is 0 Å². The molecule has 1 N–H and O–H groups in total. The third-order valence-electron chi connectivity index (χ3n) is 1.53. The van der Waals surface area contributed by atoms with Gasteiger partial charge in [-0.3, -0.25) is 0 Å². The molecule has 0 atom stereocenters. The van der Waals surface area contributed by atoms with E-state index in [2.05, 4.69) is 4.98 Å². The van der Waals surface area contributed by atoms with Gasteiger partial charge in [0.1, 0.15) is 5.03 Å². The Labute approximate surface area is 97.2 Å². The Bertz CT molecular complexity index is 393. The average Bonchev–Trinajstić information content (AvgIpc) is 2.15. The zero-order valence-electron chi connectivity index (χ0n) is 8.11. The zero-order valence-corrected chi connectivity index (χ0v) is 9.68. The molecule has 0 aliphatic carbocycles. The summed E-state index contributed by atoms with van der Waals surface area (Å²) in [7, 11) is 0. The second kappa shape index (κ2) is 5.78. The summed E-state index contributed by atoms with van der Waals surface area (Å²) in [5, 5.41) is 9.82. The molecule has 0 aliphatic rings. The van der Waals surface area contributed by atoms with Crippen LogP contribution in [-0.4, -0.2) is 21.8 Å². The summed E-state index contributed by atoms with van der Waals surface area (Å²) in [6.07, 6.45) is 2.84.